The lowest BCUT2D eigenvalue weighted by molar-refractivity contribution is 0.468. The van der Waals surface area contributed by atoms with Crippen molar-refractivity contribution in [2.75, 3.05) is 6.54 Å². The molecule has 21 heavy (non-hydrogen) atoms. The zero-order chi connectivity index (χ0) is 15.2. The Bertz CT molecular complexity index is 596. The predicted octanol–water partition coefficient (Wildman–Crippen LogP) is 5.30. The van der Waals surface area contributed by atoms with Crippen LogP contribution in [0.25, 0.3) is 0 Å². The molecule has 0 saturated carbocycles. The van der Waals surface area contributed by atoms with E-state index in [1.165, 1.54) is 5.56 Å². The Kier molecular flexibility index (Phi) is 5.83. The average Bonchev–Trinajstić information content (AvgIpc) is 2.41. The number of ether oxygens (including phenoxy) is 1. The standard InChI is InChI=1S/C18H22BrNO/c1-13(2)11-20-12-15-10-16(19)7-8-18(15)21-17-6-4-5-14(3)9-17/h4-10,13,20H,11-12H2,1-3H3. The van der Waals surface area contributed by atoms with Gasteiger partial charge in [-0.15, -0.1) is 0 Å². The monoisotopic (exact) mass is 347 g/mol. The van der Waals surface area contributed by atoms with Gasteiger partial charge in [0.15, 0.2) is 0 Å². The average molecular weight is 348 g/mol. The largest absolute Gasteiger partial charge is 0.457 e. The topological polar surface area (TPSA) is 21.3 Å². The number of nitrogens with one attached hydrogen (secondary N) is 1. The Morgan fingerprint density at radius 3 is 2.67 bits per heavy atom. The smallest absolute Gasteiger partial charge is 0.131 e. The quantitative estimate of drug-likeness (QED) is 0.765. The lowest BCUT2D eigenvalue weighted by atomic mass is 10.1. The van der Waals surface area contributed by atoms with E-state index in [2.05, 4.69) is 54.2 Å². The zero-order valence-corrected chi connectivity index (χ0v) is 14.4. The highest BCUT2D eigenvalue weighted by molar-refractivity contribution is 9.10. The molecule has 0 amide bonds. The molecule has 0 aliphatic carbocycles. The predicted molar refractivity (Wildman–Crippen MR) is 91.9 cm³/mol. The van der Waals surface area contributed by atoms with Gasteiger partial charge in [0.1, 0.15) is 11.5 Å². The summed E-state index contributed by atoms with van der Waals surface area (Å²) >= 11 is 3.53. The molecule has 3 heteroatoms. The van der Waals surface area contributed by atoms with Gasteiger partial charge in [0, 0.05) is 16.6 Å². The molecule has 112 valence electrons. The van der Waals surface area contributed by atoms with Crippen LogP contribution in [0, 0.1) is 12.8 Å². The van der Waals surface area contributed by atoms with E-state index >= 15 is 0 Å². The van der Waals surface area contributed by atoms with Gasteiger partial charge < -0.3 is 10.1 Å². The normalized spacial score (nSPS) is 10.9. The lowest BCUT2D eigenvalue weighted by Gasteiger charge is -2.14. The lowest BCUT2D eigenvalue weighted by Crippen LogP contribution is -2.19. The van der Waals surface area contributed by atoms with Gasteiger partial charge in [-0.2, -0.15) is 0 Å². The summed E-state index contributed by atoms with van der Waals surface area (Å²) in [5, 5.41) is 3.47. The molecule has 0 spiro atoms. The summed E-state index contributed by atoms with van der Waals surface area (Å²) in [6, 6.07) is 14.3. The van der Waals surface area contributed by atoms with E-state index in [-0.39, 0.29) is 0 Å². The van der Waals surface area contributed by atoms with Crippen LogP contribution in [0.15, 0.2) is 46.9 Å². The molecule has 0 saturated heterocycles. The second kappa shape index (κ2) is 7.62. The van der Waals surface area contributed by atoms with Crippen LogP contribution in [0.5, 0.6) is 11.5 Å². The molecule has 0 unspecified atom stereocenters. The van der Waals surface area contributed by atoms with Crippen LogP contribution < -0.4 is 10.1 Å². The maximum atomic E-state index is 6.04. The summed E-state index contributed by atoms with van der Waals surface area (Å²) in [6.07, 6.45) is 0. The van der Waals surface area contributed by atoms with E-state index in [0.717, 1.165) is 34.6 Å². The molecular formula is C18H22BrNO. The highest BCUT2D eigenvalue weighted by Crippen LogP contribution is 2.28. The van der Waals surface area contributed by atoms with Crippen LogP contribution in [0.4, 0.5) is 0 Å². The highest BCUT2D eigenvalue weighted by Gasteiger charge is 2.06. The van der Waals surface area contributed by atoms with E-state index in [9.17, 15) is 0 Å². The number of benzene rings is 2. The van der Waals surface area contributed by atoms with E-state index in [1.807, 2.05) is 30.3 Å². The van der Waals surface area contributed by atoms with E-state index in [4.69, 9.17) is 4.74 Å². The van der Waals surface area contributed by atoms with E-state index in [1.54, 1.807) is 0 Å². The molecule has 0 aromatic heterocycles. The molecule has 1 N–H and O–H groups in total. The van der Waals surface area contributed by atoms with Crippen LogP contribution in [-0.2, 0) is 6.54 Å². The molecular weight excluding hydrogens is 326 g/mol. The first kappa shape index (κ1) is 16.1. The van der Waals surface area contributed by atoms with Crippen LogP contribution in [0.1, 0.15) is 25.0 Å². The minimum absolute atomic E-state index is 0.637. The molecule has 0 aliphatic rings. The molecule has 0 bridgehead atoms. The van der Waals surface area contributed by atoms with Gasteiger partial charge in [-0.3, -0.25) is 0 Å². The number of rotatable bonds is 6. The Morgan fingerprint density at radius 1 is 1.14 bits per heavy atom. The molecule has 0 radical (unpaired) electrons. The Balaban J connectivity index is 2.14. The van der Waals surface area contributed by atoms with Gasteiger partial charge in [0.25, 0.3) is 0 Å². The summed E-state index contributed by atoms with van der Waals surface area (Å²) in [6.45, 7) is 8.28. The van der Waals surface area contributed by atoms with Gasteiger partial charge in [-0.05, 0) is 55.3 Å². The number of aryl methyl sites for hydroxylation is 1. The molecule has 0 heterocycles. The third-order valence-electron chi connectivity index (χ3n) is 3.11. The van der Waals surface area contributed by atoms with Crippen molar-refractivity contribution in [3.63, 3.8) is 0 Å². The summed E-state index contributed by atoms with van der Waals surface area (Å²) in [7, 11) is 0. The summed E-state index contributed by atoms with van der Waals surface area (Å²) in [4.78, 5) is 0. The molecule has 0 atom stereocenters. The Hall–Kier alpha value is -1.32. The summed E-state index contributed by atoms with van der Waals surface area (Å²) in [5.74, 6) is 2.42. The first-order valence-electron chi connectivity index (χ1n) is 7.28. The van der Waals surface area contributed by atoms with Crippen LogP contribution in [0.3, 0.4) is 0 Å². The van der Waals surface area contributed by atoms with Gasteiger partial charge in [0.2, 0.25) is 0 Å². The van der Waals surface area contributed by atoms with Gasteiger partial charge in [-0.25, -0.2) is 0 Å². The second-order valence-electron chi connectivity index (χ2n) is 5.70. The fraction of sp³-hybridized carbons (Fsp3) is 0.333. The maximum Gasteiger partial charge on any atom is 0.131 e. The maximum absolute atomic E-state index is 6.04. The van der Waals surface area contributed by atoms with Crippen molar-refractivity contribution in [3.05, 3.63) is 58.1 Å². The van der Waals surface area contributed by atoms with Crippen molar-refractivity contribution in [1.29, 1.82) is 0 Å². The van der Waals surface area contributed by atoms with Crippen molar-refractivity contribution < 1.29 is 4.74 Å². The minimum atomic E-state index is 0.637. The molecule has 2 rings (SSSR count). The van der Waals surface area contributed by atoms with Gasteiger partial charge in [0.05, 0.1) is 0 Å². The number of hydrogen-bond donors (Lipinski definition) is 1. The molecule has 2 nitrogen and oxygen atoms in total. The minimum Gasteiger partial charge on any atom is -0.457 e. The molecule has 0 fully saturated rings. The van der Waals surface area contributed by atoms with Gasteiger partial charge >= 0.3 is 0 Å². The highest BCUT2D eigenvalue weighted by atomic mass is 79.9. The van der Waals surface area contributed by atoms with Crippen molar-refractivity contribution in [1.82, 2.24) is 5.32 Å². The Morgan fingerprint density at radius 2 is 1.95 bits per heavy atom. The fourth-order valence-corrected chi connectivity index (χ4v) is 2.50. The third-order valence-corrected chi connectivity index (χ3v) is 3.60. The van der Waals surface area contributed by atoms with Crippen molar-refractivity contribution in [3.8, 4) is 11.5 Å². The second-order valence-corrected chi connectivity index (χ2v) is 6.61. The van der Waals surface area contributed by atoms with Crippen LogP contribution in [0.2, 0.25) is 0 Å². The SMILES string of the molecule is Cc1cccc(Oc2ccc(Br)cc2CNCC(C)C)c1. The summed E-state index contributed by atoms with van der Waals surface area (Å²) < 4.78 is 7.11. The summed E-state index contributed by atoms with van der Waals surface area (Å²) in [5.41, 5.74) is 2.36. The van der Waals surface area contributed by atoms with Crippen molar-refractivity contribution in [2.24, 2.45) is 5.92 Å². The van der Waals surface area contributed by atoms with Crippen LogP contribution >= 0.6 is 15.9 Å². The third kappa shape index (κ3) is 5.18. The first-order chi connectivity index (χ1) is 10.0. The van der Waals surface area contributed by atoms with Gasteiger partial charge in [-0.1, -0.05) is 41.9 Å². The first-order valence-corrected chi connectivity index (χ1v) is 8.07. The van der Waals surface area contributed by atoms with Crippen molar-refractivity contribution >= 4 is 15.9 Å². The number of hydrogen-bond acceptors (Lipinski definition) is 2. The van der Waals surface area contributed by atoms with E-state index < -0.39 is 0 Å². The van der Waals surface area contributed by atoms with Crippen molar-refractivity contribution in [2.45, 2.75) is 27.3 Å². The van der Waals surface area contributed by atoms with Crippen LogP contribution in [-0.4, -0.2) is 6.54 Å². The van der Waals surface area contributed by atoms with E-state index in [0.29, 0.717) is 5.92 Å². The zero-order valence-electron chi connectivity index (χ0n) is 12.8. The molecule has 2 aromatic rings. The Labute approximate surface area is 135 Å². The molecule has 2 aromatic carbocycles. The number of halogens is 1. The molecule has 0 aliphatic heterocycles. The fourth-order valence-electron chi connectivity index (χ4n) is 2.09.